The SMILES string of the molecule is CS(=O)(=O)Nc1nc(CC(=O)NC2(C(=O)O)CCC2)cs1. The second-order valence-electron chi connectivity index (χ2n) is 4.98. The van der Waals surface area contributed by atoms with Gasteiger partial charge in [0.15, 0.2) is 5.13 Å². The summed E-state index contributed by atoms with van der Waals surface area (Å²) in [7, 11) is -3.41. The van der Waals surface area contributed by atoms with Gasteiger partial charge in [-0.05, 0) is 19.3 Å². The van der Waals surface area contributed by atoms with Gasteiger partial charge in [-0.1, -0.05) is 0 Å². The molecule has 0 spiro atoms. The van der Waals surface area contributed by atoms with Crippen molar-refractivity contribution in [2.24, 2.45) is 0 Å². The average molecular weight is 333 g/mol. The molecule has 10 heteroatoms. The molecule has 116 valence electrons. The van der Waals surface area contributed by atoms with E-state index in [9.17, 15) is 18.0 Å². The van der Waals surface area contributed by atoms with Crippen molar-refractivity contribution in [3.8, 4) is 0 Å². The molecule has 0 atom stereocenters. The smallest absolute Gasteiger partial charge is 0.329 e. The molecule has 0 unspecified atom stereocenters. The van der Waals surface area contributed by atoms with E-state index in [-0.39, 0.29) is 11.6 Å². The topological polar surface area (TPSA) is 125 Å². The zero-order chi connectivity index (χ0) is 15.7. The molecule has 0 bridgehead atoms. The number of nitrogens with one attached hydrogen (secondary N) is 2. The summed E-state index contributed by atoms with van der Waals surface area (Å²) in [5.74, 6) is -1.46. The molecular formula is C11H15N3O5S2. The Morgan fingerprint density at radius 2 is 2.14 bits per heavy atom. The minimum Gasteiger partial charge on any atom is -0.480 e. The lowest BCUT2D eigenvalue weighted by molar-refractivity contribution is -0.151. The molecule has 1 aliphatic carbocycles. The molecule has 1 aromatic heterocycles. The number of thiazole rings is 1. The number of carbonyl (C=O) groups is 2. The van der Waals surface area contributed by atoms with Crippen LogP contribution < -0.4 is 10.0 Å². The maximum Gasteiger partial charge on any atom is 0.329 e. The fraction of sp³-hybridized carbons (Fsp3) is 0.545. The van der Waals surface area contributed by atoms with Crippen LogP contribution in [0.1, 0.15) is 25.0 Å². The second kappa shape index (κ2) is 5.60. The Balaban J connectivity index is 1.96. The predicted octanol–water partition coefficient (Wildman–Crippen LogP) is 0.181. The third-order valence-corrected chi connectivity index (χ3v) is 4.66. The first-order valence-corrected chi connectivity index (χ1v) is 8.94. The summed E-state index contributed by atoms with van der Waals surface area (Å²) in [6, 6.07) is 0. The Kier molecular flexibility index (Phi) is 4.19. The van der Waals surface area contributed by atoms with E-state index in [0.717, 1.165) is 24.0 Å². The van der Waals surface area contributed by atoms with Crippen LogP contribution in [0.25, 0.3) is 0 Å². The first-order valence-electron chi connectivity index (χ1n) is 6.17. The maximum atomic E-state index is 11.9. The van der Waals surface area contributed by atoms with Gasteiger partial charge in [-0.25, -0.2) is 18.2 Å². The first kappa shape index (κ1) is 15.7. The standard InChI is InChI=1S/C11H15N3O5S2/c1-21(18,19)14-10-12-7(6-20-10)5-8(15)13-11(9(16)17)3-2-4-11/h6H,2-5H2,1H3,(H,12,14)(H,13,15)(H,16,17). The molecule has 1 aromatic rings. The molecule has 21 heavy (non-hydrogen) atoms. The molecule has 1 saturated carbocycles. The van der Waals surface area contributed by atoms with Gasteiger partial charge in [0.1, 0.15) is 5.54 Å². The van der Waals surface area contributed by atoms with Gasteiger partial charge in [0.25, 0.3) is 0 Å². The van der Waals surface area contributed by atoms with E-state index >= 15 is 0 Å². The van der Waals surface area contributed by atoms with E-state index in [1.54, 1.807) is 5.38 Å². The average Bonchev–Trinajstić information content (AvgIpc) is 2.67. The van der Waals surface area contributed by atoms with Crippen LogP contribution in [0.2, 0.25) is 0 Å². The molecule has 1 aliphatic rings. The zero-order valence-corrected chi connectivity index (χ0v) is 12.9. The van der Waals surface area contributed by atoms with Gasteiger partial charge in [-0.2, -0.15) is 0 Å². The highest BCUT2D eigenvalue weighted by molar-refractivity contribution is 7.92. The van der Waals surface area contributed by atoms with Crippen LogP contribution in [0.4, 0.5) is 5.13 Å². The van der Waals surface area contributed by atoms with E-state index < -0.39 is 27.4 Å². The lowest BCUT2D eigenvalue weighted by Gasteiger charge is -2.38. The summed E-state index contributed by atoms with van der Waals surface area (Å²) in [5, 5.41) is 13.4. The van der Waals surface area contributed by atoms with Crippen molar-refractivity contribution in [3.05, 3.63) is 11.1 Å². The van der Waals surface area contributed by atoms with Crippen LogP contribution in [0.15, 0.2) is 5.38 Å². The number of aliphatic carboxylic acids is 1. The molecule has 3 N–H and O–H groups in total. The minimum atomic E-state index is -3.41. The van der Waals surface area contributed by atoms with Gasteiger partial charge in [-0.15, -0.1) is 11.3 Å². The monoisotopic (exact) mass is 333 g/mol. The zero-order valence-electron chi connectivity index (χ0n) is 11.2. The molecular weight excluding hydrogens is 318 g/mol. The van der Waals surface area contributed by atoms with Gasteiger partial charge in [0.05, 0.1) is 18.4 Å². The van der Waals surface area contributed by atoms with E-state index in [0.29, 0.717) is 18.5 Å². The molecule has 0 radical (unpaired) electrons. The summed E-state index contributed by atoms with van der Waals surface area (Å²) in [5.41, 5.74) is -0.760. The van der Waals surface area contributed by atoms with Gasteiger partial charge >= 0.3 is 5.97 Å². The highest BCUT2D eigenvalue weighted by Gasteiger charge is 2.45. The van der Waals surface area contributed by atoms with Crippen molar-refractivity contribution in [2.75, 3.05) is 11.0 Å². The highest BCUT2D eigenvalue weighted by Crippen LogP contribution is 2.32. The van der Waals surface area contributed by atoms with Crippen molar-refractivity contribution in [2.45, 2.75) is 31.2 Å². The molecule has 8 nitrogen and oxygen atoms in total. The van der Waals surface area contributed by atoms with Crippen molar-refractivity contribution < 1.29 is 23.1 Å². The van der Waals surface area contributed by atoms with E-state index in [2.05, 4.69) is 15.0 Å². The summed E-state index contributed by atoms with van der Waals surface area (Å²) < 4.78 is 24.3. The van der Waals surface area contributed by atoms with Crippen molar-refractivity contribution >= 4 is 38.4 Å². The van der Waals surface area contributed by atoms with E-state index in [1.165, 1.54) is 0 Å². The quantitative estimate of drug-likeness (QED) is 0.682. The Bertz CT molecular complexity index is 663. The summed E-state index contributed by atoms with van der Waals surface area (Å²) in [6.45, 7) is 0. The Morgan fingerprint density at radius 3 is 2.62 bits per heavy atom. The Morgan fingerprint density at radius 1 is 1.48 bits per heavy atom. The van der Waals surface area contributed by atoms with Crippen LogP contribution >= 0.6 is 11.3 Å². The number of sulfonamides is 1. The van der Waals surface area contributed by atoms with Gasteiger partial charge in [-0.3, -0.25) is 9.52 Å². The van der Waals surface area contributed by atoms with Crippen molar-refractivity contribution in [1.82, 2.24) is 10.3 Å². The number of carbonyl (C=O) groups excluding carboxylic acids is 1. The van der Waals surface area contributed by atoms with Crippen molar-refractivity contribution in [3.63, 3.8) is 0 Å². The number of carboxylic acids is 1. The number of nitrogens with zero attached hydrogens (tertiary/aromatic N) is 1. The fourth-order valence-corrected chi connectivity index (χ4v) is 3.55. The van der Waals surface area contributed by atoms with Crippen LogP contribution in [0, 0.1) is 0 Å². The Hall–Kier alpha value is -1.68. The minimum absolute atomic E-state index is 0.0863. The normalized spacial score (nSPS) is 16.8. The summed E-state index contributed by atoms with van der Waals surface area (Å²) in [6.07, 6.45) is 2.54. The number of hydrogen-bond donors (Lipinski definition) is 3. The predicted molar refractivity (Wildman–Crippen MR) is 76.6 cm³/mol. The van der Waals surface area contributed by atoms with E-state index in [1.807, 2.05) is 0 Å². The molecule has 2 rings (SSSR count). The number of anilines is 1. The second-order valence-corrected chi connectivity index (χ2v) is 7.59. The third-order valence-electron chi connectivity index (χ3n) is 3.16. The van der Waals surface area contributed by atoms with Crippen LogP contribution in [-0.2, 0) is 26.0 Å². The number of hydrogen-bond acceptors (Lipinski definition) is 6. The fourth-order valence-electron chi connectivity index (χ4n) is 1.99. The van der Waals surface area contributed by atoms with Crippen LogP contribution in [0.5, 0.6) is 0 Å². The first-order chi connectivity index (χ1) is 9.70. The van der Waals surface area contributed by atoms with Crippen molar-refractivity contribution in [1.29, 1.82) is 0 Å². The molecule has 1 fully saturated rings. The number of amides is 1. The van der Waals surface area contributed by atoms with Gasteiger partial charge < -0.3 is 10.4 Å². The molecule has 0 aromatic carbocycles. The summed E-state index contributed by atoms with van der Waals surface area (Å²) in [4.78, 5) is 27.0. The lowest BCUT2D eigenvalue weighted by Crippen LogP contribution is -2.59. The Labute approximate surface area is 125 Å². The largest absolute Gasteiger partial charge is 0.480 e. The number of rotatable bonds is 6. The van der Waals surface area contributed by atoms with Gasteiger partial charge in [0.2, 0.25) is 15.9 Å². The third kappa shape index (κ3) is 3.91. The molecule has 1 heterocycles. The number of carboxylic acid groups (broad SMARTS) is 1. The highest BCUT2D eigenvalue weighted by atomic mass is 32.2. The maximum absolute atomic E-state index is 11.9. The lowest BCUT2D eigenvalue weighted by atomic mass is 9.76. The molecule has 1 amide bonds. The number of aromatic nitrogens is 1. The molecule has 0 aliphatic heterocycles. The van der Waals surface area contributed by atoms with E-state index in [4.69, 9.17) is 5.11 Å². The molecule has 0 saturated heterocycles. The van der Waals surface area contributed by atoms with Crippen LogP contribution in [-0.4, -0.2) is 42.2 Å². The van der Waals surface area contributed by atoms with Crippen LogP contribution in [0.3, 0.4) is 0 Å². The van der Waals surface area contributed by atoms with Gasteiger partial charge in [0, 0.05) is 5.38 Å². The summed E-state index contributed by atoms with van der Waals surface area (Å²) >= 11 is 1.06.